The van der Waals surface area contributed by atoms with Gasteiger partial charge in [0.1, 0.15) is 11.6 Å². The second-order valence-corrected chi connectivity index (χ2v) is 2.37. The SMILES string of the molecule is Nc1cnc(-c2ncc(N)[nH]2)[nH]1. The Kier molecular flexibility index (Phi) is 1.26. The fraction of sp³-hybridized carbons (Fsp3) is 0. The number of anilines is 2. The fourth-order valence-electron chi connectivity index (χ4n) is 0.911. The summed E-state index contributed by atoms with van der Waals surface area (Å²) >= 11 is 0. The summed E-state index contributed by atoms with van der Waals surface area (Å²) in [6.07, 6.45) is 3.04. The van der Waals surface area contributed by atoms with Gasteiger partial charge in [0.05, 0.1) is 12.4 Å². The van der Waals surface area contributed by atoms with Gasteiger partial charge in [-0.25, -0.2) is 9.97 Å². The number of hydrogen-bond acceptors (Lipinski definition) is 4. The predicted octanol–water partition coefficient (Wildman–Crippen LogP) is -0.0358. The number of nitrogens with two attached hydrogens (primary N) is 2. The van der Waals surface area contributed by atoms with E-state index in [1.54, 1.807) is 0 Å². The molecule has 0 aliphatic heterocycles. The fourth-order valence-corrected chi connectivity index (χ4v) is 0.911. The number of H-pyrrole nitrogens is 2. The van der Waals surface area contributed by atoms with Gasteiger partial charge in [0.2, 0.25) is 0 Å². The lowest BCUT2D eigenvalue weighted by atomic mass is 10.6. The average molecular weight is 164 g/mol. The molecule has 2 aromatic heterocycles. The van der Waals surface area contributed by atoms with Gasteiger partial charge < -0.3 is 21.4 Å². The zero-order valence-electron chi connectivity index (χ0n) is 6.20. The molecule has 2 aromatic rings. The maximum absolute atomic E-state index is 5.43. The Morgan fingerprint density at radius 3 is 1.58 bits per heavy atom. The van der Waals surface area contributed by atoms with Gasteiger partial charge in [-0.1, -0.05) is 0 Å². The molecule has 12 heavy (non-hydrogen) atoms. The Hall–Kier alpha value is -1.98. The van der Waals surface area contributed by atoms with Crippen molar-refractivity contribution in [2.24, 2.45) is 0 Å². The molecule has 6 nitrogen and oxygen atoms in total. The highest BCUT2D eigenvalue weighted by molar-refractivity contribution is 5.50. The summed E-state index contributed by atoms with van der Waals surface area (Å²) < 4.78 is 0. The number of rotatable bonds is 1. The number of imidazole rings is 2. The molecule has 0 spiro atoms. The Balaban J connectivity index is 2.43. The molecule has 0 aliphatic rings. The third kappa shape index (κ3) is 0.986. The van der Waals surface area contributed by atoms with Crippen LogP contribution in [-0.2, 0) is 0 Å². The first-order chi connectivity index (χ1) is 5.75. The first-order valence-electron chi connectivity index (χ1n) is 3.37. The minimum absolute atomic E-state index is 0.500. The van der Waals surface area contributed by atoms with E-state index < -0.39 is 0 Å². The van der Waals surface area contributed by atoms with Crippen LogP contribution in [0, 0.1) is 0 Å². The molecule has 6 heteroatoms. The van der Waals surface area contributed by atoms with E-state index in [2.05, 4.69) is 19.9 Å². The smallest absolute Gasteiger partial charge is 0.175 e. The van der Waals surface area contributed by atoms with Crippen molar-refractivity contribution in [1.82, 2.24) is 19.9 Å². The van der Waals surface area contributed by atoms with Gasteiger partial charge in [0, 0.05) is 0 Å². The van der Waals surface area contributed by atoms with Crippen LogP contribution in [0.4, 0.5) is 11.6 Å². The predicted molar refractivity (Wildman–Crippen MR) is 45.0 cm³/mol. The summed E-state index contributed by atoms with van der Waals surface area (Å²) in [7, 11) is 0. The number of nitrogens with zero attached hydrogens (tertiary/aromatic N) is 2. The topological polar surface area (TPSA) is 109 Å². The molecule has 0 atom stereocenters. The Labute approximate surface area is 68.0 Å². The molecule has 6 N–H and O–H groups in total. The summed E-state index contributed by atoms with van der Waals surface area (Å²) in [6.45, 7) is 0. The highest BCUT2D eigenvalue weighted by Crippen LogP contribution is 2.12. The first kappa shape index (κ1) is 6.71. The van der Waals surface area contributed by atoms with Crippen molar-refractivity contribution in [2.45, 2.75) is 0 Å². The van der Waals surface area contributed by atoms with E-state index in [0.29, 0.717) is 23.3 Å². The molecular weight excluding hydrogens is 156 g/mol. The molecule has 62 valence electrons. The Morgan fingerprint density at radius 2 is 1.33 bits per heavy atom. The molecule has 2 rings (SSSR count). The van der Waals surface area contributed by atoms with Crippen LogP contribution < -0.4 is 11.5 Å². The molecule has 0 fully saturated rings. The van der Waals surface area contributed by atoms with E-state index in [4.69, 9.17) is 11.5 Å². The molecule has 0 saturated carbocycles. The van der Waals surface area contributed by atoms with Gasteiger partial charge in [-0.05, 0) is 0 Å². The van der Waals surface area contributed by atoms with Crippen LogP contribution in [0.15, 0.2) is 12.4 Å². The third-order valence-electron chi connectivity index (χ3n) is 1.42. The van der Waals surface area contributed by atoms with Crippen molar-refractivity contribution in [3.8, 4) is 11.6 Å². The monoisotopic (exact) mass is 164 g/mol. The second kappa shape index (κ2) is 2.26. The van der Waals surface area contributed by atoms with E-state index in [9.17, 15) is 0 Å². The molecule has 0 bridgehead atoms. The number of hydrogen-bond donors (Lipinski definition) is 4. The minimum Gasteiger partial charge on any atom is -0.384 e. The van der Waals surface area contributed by atoms with E-state index in [-0.39, 0.29) is 0 Å². The number of nitrogens with one attached hydrogen (secondary N) is 2. The largest absolute Gasteiger partial charge is 0.384 e. The zero-order chi connectivity index (χ0) is 8.55. The molecule has 0 unspecified atom stereocenters. The third-order valence-corrected chi connectivity index (χ3v) is 1.42. The van der Waals surface area contributed by atoms with Crippen molar-refractivity contribution in [2.75, 3.05) is 11.5 Å². The number of aromatic amines is 2. The summed E-state index contributed by atoms with van der Waals surface area (Å²) in [5, 5.41) is 0. The van der Waals surface area contributed by atoms with E-state index in [1.807, 2.05) is 0 Å². The van der Waals surface area contributed by atoms with Crippen molar-refractivity contribution in [3.63, 3.8) is 0 Å². The molecule has 0 aliphatic carbocycles. The molecular formula is C6H8N6. The van der Waals surface area contributed by atoms with Crippen molar-refractivity contribution in [1.29, 1.82) is 0 Å². The number of nitrogen functional groups attached to an aromatic ring is 2. The maximum atomic E-state index is 5.43. The zero-order valence-corrected chi connectivity index (χ0v) is 6.20. The summed E-state index contributed by atoms with van der Waals surface area (Å²) in [5.74, 6) is 2.17. The average Bonchev–Trinajstić information content (AvgIpc) is 2.58. The highest BCUT2D eigenvalue weighted by Gasteiger charge is 2.04. The molecule has 0 amide bonds. The summed E-state index contributed by atoms with van der Waals surface area (Å²) in [6, 6.07) is 0. The number of aromatic nitrogens is 4. The highest BCUT2D eigenvalue weighted by atomic mass is 15.1. The van der Waals surface area contributed by atoms with Crippen LogP contribution in [-0.4, -0.2) is 19.9 Å². The van der Waals surface area contributed by atoms with Crippen LogP contribution in [0.3, 0.4) is 0 Å². The van der Waals surface area contributed by atoms with E-state index in [0.717, 1.165) is 0 Å². The molecule has 0 aromatic carbocycles. The second-order valence-electron chi connectivity index (χ2n) is 2.37. The van der Waals surface area contributed by atoms with Gasteiger partial charge in [-0.3, -0.25) is 0 Å². The molecule has 0 radical (unpaired) electrons. The lowest BCUT2D eigenvalue weighted by Gasteiger charge is -1.87. The van der Waals surface area contributed by atoms with Gasteiger partial charge in [-0.2, -0.15) is 0 Å². The molecule has 2 heterocycles. The van der Waals surface area contributed by atoms with Gasteiger partial charge >= 0.3 is 0 Å². The lowest BCUT2D eigenvalue weighted by molar-refractivity contribution is 1.20. The normalized spacial score (nSPS) is 10.3. The minimum atomic E-state index is 0.500. The van der Waals surface area contributed by atoms with Gasteiger partial charge in [0.25, 0.3) is 0 Å². The van der Waals surface area contributed by atoms with E-state index >= 15 is 0 Å². The van der Waals surface area contributed by atoms with Crippen molar-refractivity contribution in [3.05, 3.63) is 12.4 Å². The Morgan fingerprint density at radius 1 is 0.917 bits per heavy atom. The quantitative estimate of drug-likeness (QED) is 0.474. The van der Waals surface area contributed by atoms with Crippen LogP contribution in [0.1, 0.15) is 0 Å². The maximum Gasteiger partial charge on any atom is 0.175 e. The van der Waals surface area contributed by atoms with Crippen molar-refractivity contribution >= 4 is 11.6 Å². The van der Waals surface area contributed by atoms with Gasteiger partial charge in [-0.15, -0.1) is 0 Å². The Bertz CT molecular complexity index is 348. The van der Waals surface area contributed by atoms with Crippen LogP contribution in [0.25, 0.3) is 11.6 Å². The molecule has 0 saturated heterocycles. The first-order valence-corrected chi connectivity index (χ1v) is 3.37. The van der Waals surface area contributed by atoms with E-state index in [1.165, 1.54) is 12.4 Å². The van der Waals surface area contributed by atoms with Crippen molar-refractivity contribution < 1.29 is 0 Å². The summed E-state index contributed by atoms with van der Waals surface area (Å²) in [4.78, 5) is 13.6. The lowest BCUT2D eigenvalue weighted by Crippen LogP contribution is -1.87. The van der Waals surface area contributed by atoms with Crippen LogP contribution >= 0.6 is 0 Å². The van der Waals surface area contributed by atoms with Crippen LogP contribution in [0.5, 0.6) is 0 Å². The van der Waals surface area contributed by atoms with Crippen LogP contribution in [0.2, 0.25) is 0 Å². The standard InChI is InChI=1S/C6H8N6/c7-3-1-9-5(11-3)6-10-2-4(8)12-6/h1-2H,7-8H2,(H,9,11)(H,10,12). The summed E-state index contributed by atoms with van der Waals surface area (Å²) in [5.41, 5.74) is 10.9. The van der Waals surface area contributed by atoms with Gasteiger partial charge in [0.15, 0.2) is 11.6 Å².